The van der Waals surface area contributed by atoms with Gasteiger partial charge in [0.25, 0.3) is 0 Å². The highest BCUT2D eigenvalue weighted by Crippen LogP contribution is 2.44. The minimum Gasteiger partial charge on any atom is -0.398 e. The van der Waals surface area contributed by atoms with Crippen LogP contribution in [0.25, 0.3) is 33.9 Å². The van der Waals surface area contributed by atoms with Gasteiger partial charge in [0.15, 0.2) is 5.82 Å². The van der Waals surface area contributed by atoms with Crippen LogP contribution in [0.5, 0.6) is 0 Å². The smallest absolute Gasteiger partial charge is 0.398 e. The number of nitrogens with one attached hydrogen (secondary N) is 2. The van der Waals surface area contributed by atoms with E-state index in [-0.39, 0.29) is 28.1 Å². The maximum atomic E-state index is 15.2. The van der Waals surface area contributed by atoms with Crippen LogP contribution >= 0.6 is 0 Å². The van der Waals surface area contributed by atoms with Crippen LogP contribution < -0.4 is 5.73 Å². The molecule has 4 nitrogen and oxygen atoms in total. The van der Waals surface area contributed by atoms with Gasteiger partial charge in [-0.25, -0.2) is 9.37 Å². The summed E-state index contributed by atoms with van der Waals surface area (Å²) in [6.45, 7) is 0. The fraction of sp³-hybridized carbons (Fsp3) is 0.0500. The third kappa shape index (κ3) is 3.02. The molecular formula is C20H14F4N4. The molecule has 0 amide bonds. The normalized spacial score (nSPS) is 11.7. The third-order valence-corrected chi connectivity index (χ3v) is 4.36. The summed E-state index contributed by atoms with van der Waals surface area (Å²) in [5.41, 5.74) is 4.71. The number of anilines is 1. The van der Waals surface area contributed by atoms with Crippen LogP contribution in [-0.2, 0) is 6.18 Å². The molecule has 0 atom stereocenters. The van der Waals surface area contributed by atoms with Crippen molar-refractivity contribution in [2.45, 2.75) is 6.18 Å². The molecule has 8 heteroatoms. The molecule has 0 saturated carbocycles. The predicted octanol–water partition coefficient (Wildman–Crippen LogP) is 5.48. The lowest BCUT2D eigenvalue weighted by atomic mass is 9.94. The Bertz CT molecular complexity index is 1110. The van der Waals surface area contributed by atoms with Gasteiger partial charge in [-0.3, -0.25) is 0 Å². The van der Waals surface area contributed by atoms with Gasteiger partial charge in [0.2, 0.25) is 0 Å². The molecule has 0 radical (unpaired) electrons. The molecule has 0 aliphatic carbocycles. The summed E-state index contributed by atoms with van der Waals surface area (Å²) in [6, 6.07) is 12.4. The summed E-state index contributed by atoms with van der Waals surface area (Å²) in [5, 5.41) is 0. The number of nitrogens with two attached hydrogens (primary N) is 1. The van der Waals surface area contributed by atoms with Gasteiger partial charge in [-0.1, -0.05) is 30.3 Å². The maximum Gasteiger partial charge on any atom is 0.419 e. The minimum atomic E-state index is -4.90. The average molecular weight is 386 g/mol. The van der Waals surface area contributed by atoms with E-state index in [1.54, 1.807) is 36.5 Å². The van der Waals surface area contributed by atoms with E-state index in [0.717, 1.165) is 6.07 Å². The van der Waals surface area contributed by atoms with Gasteiger partial charge in [-0.15, -0.1) is 0 Å². The van der Waals surface area contributed by atoms with Crippen LogP contribution in [0.4, 0.5) is 23.2 Å². The lowest BCUT2D eigenvalue weighted by molar-refractivity contribution is -0.139. The summed E-state index contributed by atoms with van der Waals surface area (Å²) in [5.74, 6) is -1.08. The van der Waals surface area contributed by atoms with Gasteiger partial charge in [-0.05, 0) is 29.3 Å². The molecule has 0 unspecified atom stereocenters. The van der Waals surface area contributed by atoms with Crippen LogP contribution in [0, 0.1) is 5.82 Å². The van der Waals surface area contributed by atoms with Crippen molar-refractivity contribution in [2.24, 2.45) is 0 Å². The first-order valence-electron chi connectivity index (χ1n) is 8.30. The number of nitrogen functional groups attached to an aromatic ring is 1. The molecule has 28 heavy (non-hydrogen) atoms. The Kier molecular flexibility index (Phi) is 4.18. The molecule has 0 aliphatic rings. The second-order valence-electron chi connectivity index (χ2n) is 6.17. The lowest BCUT2D eigenvalue weighted by Gasteiger charge is -2.18. The van der Waals surface area contributed by atoms with E-state index in [9.17, 15) is 13.2 Å². The number of imidazole rings is 1. The number of H-pyrrole nitrogens is 2. The first kappa shape index (κ1) is 17.8. The second-order valence-corrected chi connectivity index (χ2v) is 6.17. The number of hydrogen-bond donors (Lipinski definition) is 3. The van der Waals surface area contributed by atoms with E-state index in [0.29, 0.717) is 11.5 Å². The van der Waals surface area contributed by atoms with Crippen LogP contribution in [0.1, 0.15) is 5.56 Å². The summed E-state index contributed by atoms with van der Waals surface area (Å²) >= 11 is 0. The predicted molar refractivity (Wildman–Crippen MR) is 98.6 cm³/mol. The van der Waals surface area contributed by atoms with Crippen molar-refractivity contribution in [1.82, 2.24) is 15.0 Å². The third-order valence-electron chi connectivity index (χ3n) is 4.36. The minimum absolute atomic E-state index is 0.0599. The lowest BCUT2D eigenvalue weighted by Crippen LogP contribution is -2.13. The zero-order valence-corrected chi connectivity index (χ0v) is 14.3. The summed E-state index contributed by atoms with van der Waals surface area (Å²) in [6.07, 6.45) is -1.98. The zero-order chi connectivity index (χ0) is 19.9. The Hall–Kier alpha value is -3.55. The standard InChI is InChI=1S/C20H14F4N4/c21-18-16(15-10-27-19(28-15)14-7-4-8-26-14)13(25)9-12(17(18)20(22,23)24)11-5-2-1-3-6-11/h1-10,26H,25H2,(H,27,28). The van der Waals surface area contributed by atoms with E-state index in [4.69, 9.17) is 5.73 Å². The number of benzene rings is 2. The molecule has 4 N–H and O–H groups in total. The quantitative estimate of drug-likeness (QED) is 0.322. The molecule has 0 saturated heterocycles. The van der Waals surface area contributed by atoms with Crippen LogP contribution in [0.15, 0.2) is 60.9 Å². The molecule has 0 fully saturated rings. The molecule has 142 valence electrons. The van der Waals surface area contributed by atoms with Gasteiger partial charge < -0.3 is 15.7 Å². The first-order valence-corrected chi connectivity index (χ1v) is 8.30. The van der Waals surface area contributed by atoms with Crippen molar-refractivity contribution in [3.63, 3.8) is 0 Å². The largest absolute Gasteiger partial charge is 0.419 e. The fourth-order valence-electron chi connectivity index (χ4n) is 3.13. The van der Waals surface area contributed by atoms with Gasteiger partial charge in [0.1, 0.15) is 5.82 Å². The molecule has 2 aromatic heterocycles. The number of rotatable bonds is 3. The summed E-state index contributed by atoms with van der Waals surface area (Å²) in [7, 11) is 0. The Balaban J connectivity index is 1.93. The average Bonchev–Trinajstić information content (AvgIpc) is 3.32. The van der Waals surface area contributed by atoms with E-state index >= 15 is 4.39 Å². The molecule has 0 spiro atoms. The highest BCUT2D eigenvalue weighted by Gasteiger charge is 2.39. The highest BCUT2D eigenvalue weighted by atomic mass is 19.4. The SMILES string of the molecule is Nc1cc(-c2ccccc2)c(C(F)(F)F)c(F)c1-c1cnc(-c2ccc[nH]2)[nH]1. The van der Waals surface area contributed by atoms with Gasteiger partial charge >= 0.3 is 6.18 Å². The van der Waals surface area contributed by atoms with E-state index in [2.05, 4.69) is 15.0 Å². The number of halogens is 4. The van der Waals surface area contributed by atoms with Crippen LogP contribution in [0.3, 0.4) is 0 Å². The highest BCUT2D eigenvalue weighted by molar-refractivity contribution is 5.83. The summed E-state index contributed by atoms with van der Waals surface area (Å²) in [4.78, 5) is 9.84. The van der Waals surface area contributed by atoms with E-state index < -0.39 is 17.6 Å². The molecular weight excluding hydrogens is 372 g/mol. The molecule has 0 aliphatic heterocycles. The van der Waals surface area contributed by atoms with E-state index in [1.807, 2.05) is 0 Å². The Labute approximate surface area is 157 Å². The van der Waals surface area contributed by atoms with Crippen molar-refractivity contribution in [2.75, 3.05) is 5.73 Å². The molecule has 2 aromatic carbocycles. The Morgan fingerprint density at radius 3 is 2.36 bits per heavy atom. The number of aromatic amines is 2. The van der Waals surface area contributed by atoms with Gasteiger partial charge in [0, 0.05) is 11.9 Å². The molecule has 4 rings (SSSR count). The van der Waals surface area contributed by atoms with Gasteiger partial charge in [-0.2, -0.15) is 13.2 Å². The first-order chi connectivity index (χ1) is 13.4. The maximum absolute atomic E-state index is 15.2. The number of aromatic nitrogens is 3. The van der Waals surface area contributed by atoms with Crippen molar-refractivity contribution in [3.05, 3.63) is 72.3 Å². The van der Waals surface area contributed by atoms with Gasteiger partial charge in [0.05, 0.1) is 28.7 Å². The molecule has 4 aromatic rings. The zero-order valence-electron chi connectivity index (χ0n) is 14.3. The van der Waals surface area contributed by atoms with Crippen LogP contribution in [0.2, 0.25) is 0 Å². The van der Waals surface area contributed by atoms with Crippen molar-refractivity contribution in [3.8, 4) is 33.9 Å². The Morgan fingerprint density at radius 2 is 1.71 bits per heavy atom. The second kappa shape index (κ2) is 6.56. The number of nitrogens with zero attached hydrogens (tertiary/aromatic N) is 1. The number of hydrogen-bond acceptors (Lipinski definition) is 2. The fourth-order valence-corrected chi connectivity index (χ4v) is 3.13. The van der Waals surface area contributed by atoms with Crippen LogP contribution in [-0.4, -0.2) is 15.0 Å². The topological polar surface area (TPSA) is 70.5 Å². The van der Waals surface area contributed by atoms with E-state index in [1.165, 1.54) is 18.3 Å². The van der Waals surface area contributed by atoms with Crippen molar-refractivity contribution in [1.29, 1.82) is 0 Å². The van der Waals surface area contributed by atoms with Crippen molar-refractivity contribution >= 4 is 5.69 Å². The Morgan fingerprint density at radius 1 is 0.964 bits per heavy atom. The molecule has 2 heterocycles. The summed E-state index contributed by atoms with van der Waals surface area (Å²) < 4.78 is 56.4. The monoisotopic (exact) mass is 386 g/mol. The molecule has 0 bridgehead atoms. The number of alkyl halides is 3. The van der Waals surface area contributed by atoms with Crippen molar-refractivity contribution < 1.29 is 17.6 Å².